The summed E-state index contributed by atoms with van der Waals surface area (Å²) < 4.78 is 19.6. The van der Waals surface area contributed by atoms with E-state index in [9.17, 15) is 4.39 Å². The van der Waals surface area contributed by atoms with Crippen LogP contribution in [0.15, 0.2) is 49.1 Å². The van der Waals surface area contributed by atoms with Gasteiger partial charge in [0.15, 0.2) is 0 Å². The van der Waals surface area contributed by atoms with Gasteiger partial charge in [0.1, 0.15) is 17.3 Å². The number of fused-ring (bicyclic) bond motifs is 1. The zero-order valence-electron chi connectivity index (χ0n) is 13.9. The number of aryl methyl sites for hydroxylation is 1. The molecular formula is C21H20FNO. The lowest BCUT2D eigenvalue weighted by atomic mass is 10.1. The largest absolute Gasteiger partial charge is 0.456 e. The molecule has 0 saturated heterocycles. The van der Waals surface area contributed by atoms with Crippen LogP contribution in [0.5, 0.6) is 11.5 Å². The van der Waals surface area contributed by atoms with E-state index in [1.54, 1.807) is 12.1 Å². The van der Waals surface area contributed by atoms with Crippen LogP contribution in [0.2, 0.25) is 0 Å². The maximum atomic E-state index is 13.5. The Morgan fingerprint density at radius 3 is 2.75 bits per heavy atom. The predicted molar refractivity (Wildman–Crippen MR) is 98.9 cm³/mol. The summed E-state index contributed by atoms with van der Waals surface area (Å²) in [6.07, 6.45) is 6.53. The highest BCUT2D eigenvalue weighted by molar-refractivity contribution is 5.97. The summed E-state index contributed by atoms with van der Waals surface area (Å²) in [5.74, 6) is 1.17. The van der Waals surface area contributed by atoms with E-state index in [1.165, 1.54) is 12.1 Å². The third kappa shape index (κ3) is 2.85. The zero-order chi connectivity index (χ0) is 17.1. The van der Waals surface area contributed by atoms with Crippen LogP contribution in [0, 0.1) is 5.82 Å². The number of rotatable bonds is 5. The molecule has 0 amide bonds. The molecular weight excluding hydrogens is 301 g/mol. The van der Waals surface area contributed by atoms with Crippen LogP contribution >= 0.6 is 0 Å². The third-order valence-corrected chi connectivity index (χ3v) is 4.02. The van der Waals surface area contributed by atoms with Gasteiger partial charge >= 0.3 is 0 Å². The molecule has 2 aromatic carbocycles. The molecule has 0 aliphatic carbocycles. The topological polar surface area (TPSA) is 25.0 Å². The summed E-state index contributed by atoms with van der Waals surface area (Å²) in [6.45, 7) is 7.83. The normalized spacial score (nSPS) is 11.3. The van der Waals surface area contributed by atoms with Crippen LogP contribution in [0.1, 0.15) is 30.7 Å². The van der Waals surface area contributed by atoms with Gasteiger partial charge in [-0.1, -0.05) is 31.7 Å². The molecule has 3 rings (SSSR count). The molecule has 0 aliphatic rings. The first kappa shape index (κ1) is 16.1. The van der Waals surface area contributed by atoms with Crippen LogP contribution in [-0.4, -0.2) is 4.98 Å². The van der Waals surface area contributed by atoms with Gasteiger partial charge < -0.3 is 9.72 Å². The highest BCUT2D eigenvalue weighted by atomic mass is 19.1. The van der Waals surface area contributed by atoms with Crippen molar-refractivity contribution in [1.82, 2.24) is 4.98 Å². The highest BCUT2D eigenvalue weighted by Crippen LogP contribution is 2.36. The van der Waals surface area contributed by atoms with Gasteiger partial charge in [-0.05, 0) is 55.3 Å². The quantitative estimate of drug-likeness (QED) is 0.583. The Morgan fingerprint density at radius 1 is 1.21 bits per heavy atom. The standard InChI is InChI=1S/C21H20FNO/c1-4-8-16-17(6-3)23-18-9-7-10-20(21(16)18)24-19-12-11-15(22)13-14(19)5-2/h4,6-13,23H,3,5H2,1-2H3/b8-4-. The van der Waals surface area contributed by atoms with Crippen molar-refractivity contribution in [3.05, 3.63) is 71.7 Å². The fourth-order valence-corrected chi connectivity index (χ4v) is 2.89. The maximum Gasteiger partial charge on any atom is 0.137 e. The molecule has 0 unspecified atom stereocenters. The van der Waals surface area contributed by atoms with Crippen molar-refractivity contribution in [2.45, 2.75) is 20.3 Å². The van der Waals surface area contributed by atoms with Crippen LogP contribution in [-0.2, 0) is 6.42 Å². The van der Waals surface area contributed by atoms with Crippen molar-refractivity contribution in [1.29, 1.82) is 0 Å². The second-order valence-corrected chi connectivity index (χ2v) is 5.54. The lowest BCUT2D eigenvalue weighted by Gasteiger charge is -2.12. The number of ether oxygens (including phenoxy) is 1. The summed E-state index contributed by atoms with van der Waals surface area (Å²) in [6, 6.07) is 10.5. The van der Waals surface area contributed by atoms with Crippen LogP contribution < -0.4 is 4.74 Å². The smallest absolute Gasteiger partial charge is 0.137 e. The summed E-state index contributed by atoms with van der Waals surface area (Å²) in [5, 5.41) is 0.997. The fourth-order valence-electron chi connectivity index (χ4n) is 2.89. The van der Waals surface area contributed by atoms with Crippen molar-refractivity contribution >= 4 is 23.1 Å². The molecule has 2 nitrogen and oxygen atoms in total. The van der Waals surface area contributed by atoms with E-state index in [0.717, 1.165) is 33.5 Å². The molecule has 0 saturated carbocycles. The second kappa shape index (κ2) is 6.75. The summed E-state index contributed by atoms with van der Waals surface area (Å²) in [4.78, 5) is 3.35. The van der Waals surface area contributed by atoms with Gasteiger partial charge in [0.05, 0.1) is 5.52 Å². The first-order chi connectivity index (χ1) is 11.7. The second-order valence-electron chi connectivity index (χ2n) is 5.54. The molecule has 3 aromatic rings. The van der Waals surface area contributed by atoms with E-state index in [-0.39, 0.29) is 5.82 Å². The van der Waals surface area contributed by atoms with Gasteiger partial charge in [-0.3, -0.25) is 0 Å². The van der Waals surface area contributed by atoms with Crippen LogP contribution in [0.25, 0.3) is 23.1 Å². The minimum absolute atomic E-state index is 0.248. The van der Waals surface area contributed by atoms with E-state index in [2.05, 4.69) is 11.6 Å². The highest BCUT2D eigenvalue weighted by Gasteiger charge is 2.14. The Hall–Kier alpha value is -2.81. The van der Waals surface area contributed by atoms with Gasteiger partial charge in [-0.25, -0.2) is 4.39 Å². The molecule has 3 heteroatoms. The lowest BCUT2D eigenvalue weighted by Crippen LogP contribution is -1.92. The molecule has 122 valence electrons. The summed E-state index contributed by atoms with van der Waals surface area (Å²) in [7, 11) is 0. The molecule has 24 heavy (non-hydrogen) atoms. The van der Waals surface area contributed by atoms with Crippen molar-refractivity contribution in [3.8, 4) is 11.5 Å². The molecule has 1 N–H and O–H groups in total. The van der Waals surface area contributed by atoms with Gasteiger partial charge in [0.2, 0.25) is 0 Å². The minimum atomic E-state index is -0.248. The van der Waals surface area contributed by atoms with Gasteiger partial charge in [0.25, 0.3) is 0 Å². The average molecular weight is 321 g/mol. The monoisotopic (exact) mass is 321 g/mol. The van der Waals surface area contributed by atoms with Crippen LogP contribution in [0.3, 0.4) is 0 Å². The predicted octanol–water partition coefficient (Wildman–Crippen LogP) is 6.34. The number of hydrogen-bond acceptors (Lipinski definition) is 1. The van der Waals surface area contributed by atoms with Gasteiger partial charge in [0, 0.05) is 16.6 Å². The van der Waals surface area contributed by atoms with Crippen molar-refractivity contribution in [2.24, 2.45) is 0 Å². The summed E-state index contributed by atoms with van der Waals surface area (Å²) >= 11 is 0. The maximum absolute atomic E-state index is 13.5. The van der Waals surface area contributed by atoms with E-state index < -0.39 is 0 Å². The number of nitrogens with one attached hydrogen (secondary N) is 1. The Morgan fingerprint density at radius 2 is 2.04 bits per heavy atom. The molecule has 0 atom stereocenters. The molecule has 0 radical (unpaired) electrons. The van der Waals surface area contributed by atoms with E-state index in [1.807, 2.05) is 44.2 Å². The van der Waals surface area contributed by atoms with Crippen molar-refractivity contribution in [3.63, 3.8) is 0 Å². The van der Waals surface area contributed by atoms with E-state index in [4.69, 9.17) is 4.74 Å². The van der Waals surface area contributed by atoms with E-state index >= 15 is 0 Å². The first-order valence-electron chi connectivity index (χ1n) is 8.04. The Labute approximate surface area is 141 Å². The first-order valence-corrected chi connectivity index (χ1v) is 8.04. The van der Waals surface area contributed by atoms with E-state index in [0.29, 0.717) is 12.2 Å². The van der Waals surface area contributed by atoms with Crippen LogP contribution in [0.4, 0.5) is 4.39 Å². The van der Waals surface area contributed by atoms with Gasteiger partial charge in [-0.2, -0.15) is 0 Å². The average Bonchev–Trinajstić information content (AvgIpc) is 2.95. The van der Waals surface area contributed by atoms with Gasteiger partial charge in [-0.15, -0.1) is 0 Å². The molecule has 1 heterocycles. The third-order valence-electron chi connectivity index (χ3n) is 4.02. The molecule has 0 aliphatic heterocycles. The fraction of sp³-hybridized carbons (Fsp3) is 0.143. The number of aromatic amines is 1. The Kier molecular flexibility index (Phi) is 4.52. The number of H-pyrrole nitrogens is 1. The molecule has 1 aromatic heterocycles. The van der Waals surface area contributed by atoms with Crippen molar-refractivity contribution < 1.29 is 9.13 Å². The molecule has 0 bridgehead atoms. The number of aromatic nitrogens is 1. The number of benzene rings is 2. The Balaban J connectivity index is 2.17. The SMILES string of the molecule is C=Cc1[nH]c2cccc(Oc3ccc(F)cc3CC)c2c1/C=C\C. The number of allylic oxidation sites excluding steroid dienone is 1. The van der Waals surface area contributed by atoms with Crippen molar-refractivity contribution in [2.75, 3.05) is 0 Å². The number of hydrogen-bond donors (Lipinski definition) is 1. The molecule has 0 fully saturated rings. The Bertz CT molecular complexity index is 921. The summed E-state index contributed by atoms with van der Waals surface area (Å²) in [5.41, 5.74) is 3.82. The molecule has 0 spiro atoms. The lowest BCUT2D eigenvalue weighted by molar-refractivity contribution is 0.479. The minimum Gasteiger partial charge on any atom is -0.456 e. The zero-order valence-corrected chi connectivity index (χ0v) is 13.9. The number of halogens is 1.